The third-order valence-electron chi connectivity index (χ3n) is 5.10. The summed E-state index contributed by atoms with van der Waals surface area (Å²) >= 11 is 1.87. The van der Waals surface area contributed by atoms with E-state index in [-0.39, 0.29) is 0 Å². The summed E-state index contributed by atoms with van der Waals surface area (Å²) in [6, 6.07) is 15.3. The van der Waals surface area contributed by atoms with Gasteiger partial charge in [0.05, 0.1) is 0 Å². The van der Waals surface area contributed by atoms with Crippen molar-refractivity contribution in [3.8, 4) is 0 Å². The van der Waals surface area contributed by atoms with Gasteiger partial charge in [0.15, 0.2) is 0 Å². The van der Waals surface area contributed by atoms with Crippen LogP contribution in [0.3, 0.4) is 0 Å². The van der Waals surface area contributed by atoms with E-state index in [0.29, 0.717) is 0 Å². The second-order valence-corrected chi connectivity index (χ2v) is 7.77. The molecule has 0 fully saturated rings. The van der Waals surface area contributed by atoms with Crippen molar-refractivity contribution < 1.29 is 0 Å². The molecule has 1 nitrogen and oxygen atoms in total. The van der Waals surface area contributed by atoms with Gasteiger partial charge in [0.1, 0.15) is 0 Å². The number of allylic oxidation sites excluding steroid dienone is 8. The van der Waals surface area contributed by atoms with Gasteiger partial charge in [-0.25, -0.2) is 0 Å². The number of nitrogens with one attached hydrogen (secondary N) is 1. The monoisotopic (exact) mass is 353 g/mol. The van der Waals surface area contributed by atoms with E-state index in [1.165, 1.54) is 42.6 Å². The normalized spacial score (nSPS) is 20.3. The zero-order valence-electron chi connectivity index (χ0n) is 14.5. The number of thiophene rings is 1. The molecule has 3 aromatic rings. The summed E-state index contributed by atoms with van der Waals surface area (Å²) in [7, 11) is 0. The van der Waals surface area contributed by atoms with Crippen LogP contribution < -0.4 is 5.32 Å². The first-order valence-electron chi connectivity index (χ1n) is 8.96. The maximum absolute atomic E-state index is 4.26. The molecule has 1 aliphatic carbocycles. The lowest BCUT2D eigenvalue weighted by Crippen LogP contribution is -2.12. The SMILES string of the molecule is C=C1/C=C\C(c2cccc3c2sc2ccccc23)=C/NC2=C1C=CCC2. The predicted octanol–water partition coefficient (Wildman–Crippen LogP) is 6.72. The van der Waals surface area contributed by atoms with E-state index in [4.69, 9.17) is 0 Å². The highest BCUT2D eigenvalue weighted by Crippen LogP contribution is 2.38. The number of benzene rings is 2. The van der Waals surface area contributed by atoms with Crippen LogP contribution in [0.4, 0.5) is 0 Å². The molecule has 0 unspecified atom stereocenters. The molecule has 0 saturated heterocycles. The molecule has 2 heteroatoms. The number of hydrogen-bond acceptors (Lipinski definition) is 2. The maximum Gasteiger partial charge on any atom is 0.0434 e. The first-order valence-corrected chi connectivity index (χ1v) is 9.77. The van der Waals surface area contributed by atoms with Crippen molar-refractivity contribution in [1.82, 2.24) is 5.32 Å². The van der Waals surface area contributed by atoms with Gasteiger partial charge in [0.2, 0.25) is 0 Å². The Hall–Kier alpha value is -2.84. The van der Waals surface area contributed by atoms with Crippen LogP contribution in [-0.2, 0) is 0 Å². The Labute approximate surface area is 157 Å². The Bertz CT molecular complexity index is 1170. The van der Waals surface area contributed by atoms with Crippen LogP contribution in [0.2, 0.25) is 0 Å². The fraction of sp³-hybridized carbons (Fsp3) is 0.0833. The van der Waals surface area contributed by atoms with E-state index >= 15 is 0 Å². The van der Waals surface area contributed by atoms with Crippen molar-refractivity contribution in [2.45, 2.75) is 12.8 Å². The van der Waals surface area contributed by atoms with Crippen LogP contribution in [0.5, 0.6) is 0 Å². The molecule has 0 radical (unpaired) electrons. The van der Waals surface area contributed by atoms with Gasteiger partial charge in [-0.3, -0.25) is 0 Å². The van der Waals surface area contributed by atoms with Gasteiger partial charge in [-0.2, -0.15) is 0 Å². The van der Waals surface area contributed by atoms with E-state index in [9.17, 15) is 0 Å². The lowest BCUT2D eigenvalue weighted by molar-refractivity contribution is 0.855. The third kappa shape index (κ3) is 2.46. The Morgan fingerprint density at radius 3 is 2.77 bits per heavy atom. The molecular formula is C24H19NS. The largest absolute Gasteiger partial charge is 0.364 e. The van der Waals surface area contributed by atoms with Gasteiger partial charge in [-0.15, -0.1) is 11.3 Å². The molecule has 2 heterocycles. The molecule has 1 N–H and O–H groups in total. The van der Waals surface area contributed by atoms with Gasteiger partial charge in [-0.05, 0) is 30.1 Å². The highest BCUT2D eigenvalue weighted by atomic mass is 32.1. The van der Waals surface area contributed by atoms with Gasteiger partial charge < -0.3 is 5.32 Å². The lowest BCUT2D eigenvalue weighted by atomic mass is 9.94. The van der Waals surface area contributed by atoms with E-state index in [2.05, 4.69) is 84.9 Å². The van der Waals surface area contributed by atoms with Crippen molar-refractivity contribution in [3.05, 3.63) is 102 Å². The molecule has 0 spiro atoms. The molecule has 0 amide bonds. The Morgan fingerprint density at radius 1 is 0.923 bits per heavy atom. The van der Waals surface area contributed by atoms with Crippen LogP contribution in [0.1, 0.15) is 18.4 Å². The highest BCUT2D eigenvalue weighted by molar-refractivity contribution is 7.26. The molecule has 0 atom stereocenters. The third-order valence-corrected chi connectivity index (χ3v) is 6.32. The summed E-state index contributed by atoms with van der Waals surface area (Å²) < 4.78 is 2.68. The molecular weight excluding hydrogens is 334 g/mol. The van der Waals surface area contributed by atoms with Crippen molar-refractivity contribution in [2.24, 2.45) is 0 Å². The van der Waals surface area contributed by atoms with Crippen molar-refractivity contribution >= 4 is 37.1 Å². The molecule has 0 saturated carbocycles. The summed E-state index contributed by atoms with van der Waals surface area (Å²) in [5.41, 5.74) is 6.03. The van der Waals surface area contributed by atoms with Crippen LogP contribution in [-0.4, -0.2) is 0 Å². The first kappa shape index (κ1) is 15.4. The smallest absolute Gasteiger partial charge is 0.0434 e. The average Bonchev–Trinajstić information content (AvgIpc) is 3.06. The Morgan fingerprint density at radius 2 is 1.81 bits per heavy atom. The van der Waals surface area contributed by atoms with Crippen molar-refractivity contribution in [3.63, 3.8) is 0 Å². The Balaban J connectivity index is 1.68. The molecule has 1 aliphatic heterocycles. The van der Waals surface area contributed by atoms with E-state index in [1.807, 2.05) is 11.3 Å². The van der Waals surface area contributed by atoms with Gasteiger partial charge in [0.25, 0.3) is 0 Å². The fourth-order valence-electron chi connectivity index (χ4n) is 3.75. The zero-order chi connectivity index (χ0) is 17.5. The van der Waals surface area contributed by atoms with Crippen LogP contribution >= 0.6 is 11.3 Å². The van der Waals surface area contributed by atoms with Gasteiger partial charge in [0, 0.05) is 43.2 Å². The molecule has 26 heavy (non-hydrogen) atoms. The molecule has 2 aromatic carbocycles. The standard InChI is InChI=1S/C24H19NS/c1-16-13-14-17(15-25-22-11-4-2-7-18(16)22)19-9-6-10-21-20-8-3-5-12-23(20)26-24(19)21/h2-3,5-10,12-15,25H,1,4,11H2/b14-13-,17-15+. The summed E-state index contributed by atoms with van der Waals surface area (Å²) in [5.74, 6) is 0. The molecule has 0 bridgehead atoms. The minimum atomic E-state index is 1.04. The first-order chi connectivity index (χ1) is 12.8. The average molecular weight is 353 g/mol. The maximum atomic E-state index is 4.26. The highest BCUT2D eigenvalue weighted by Gasteiger charge is 2.14. The van der Waals surface area contributed by atoms with Gasteiger partial charge >= 0.3 is 0 Å². The van der Waals surface area contributed by atoms with Crippen LogP contribution in [0.25, 0.3) is 25.7 Å². The molecule has 2 aliphatic rings. The second-order valence-electron chi connectivity index (χ2n) is 6.72. The quantitative estimate of drug-likeness (QED) is 0.512. The molecule has 126 valence electrons. The van der Waals surface area contributed by atoms with Crippen molar-refractivity contribution in [2.75, 3.05) is 0 Å². The van der Waals surface area contributed by atoms with E-state index < -0.39 is 0 Å². The molecule has 5 rings (SSSR count). The minimum absolute atomic E-state index is 1.04. The molecule has 1 aromatic heterocycles. The number of hydrogen-bond donors (Lipinski definition) is 1. The minimum Gasteiger partial charge on any atom is -0.364 e. The fourth-order valence-corrected chi connectivity index (χ4v) is 4.99. The zero-order valence-corrected chi connectivity index (χ0v) is 15.3. The van der Waals surface area contributed by atoms with E-state index in [1.54, 1.807) is 0 Å². The lowest BCUT2D eigenvalue weighted by Gasteiger charge is -2.19. The summed E-state index contributed by atoms with van der Waals surface area (Å²) in [6.07, 6.45) is 13.0. The Kier molecular flexibility index (Phi) is 3.65. The van der Waals surface area contributed by atoms with Gasteiger partial charge in [-0.1, -0.05) is 67.3 Å². The van der Waals surface area contributed by atoms with Crippen molar-refractivity contribution in [1.29, 1.82) is 0 Å². The second kappa shape index (κ2) is 6.15. The summed E-state index contributed by atoms with van der Waals surface area (Å²) in [5, 5.41) is 6.23. The topological polar surface area (TPSA) is 12.0 Å². The number of rotatable bonds is 1. The summed E-state index contributed by atoms with van der Waals surface area (Å²) in [6.45, 7) is 4.26. The summed E-state index contributed by atoms with van der Waals surface area (Å²) in [4.78, 5) is 0. The van der Waals surface area contributed by atoms with Crippen LogP contribution in [0.15, 0.2) is 96.4 Å². The predicted molar refractivity (Wildman–Crippen MR) is 114 cm³/mol. The van der Waals surface area contributed by atoms with E-state index in [0.717, 1.165) is 18.4 Å². The number of fused-ring (bicyclic) bond motifs is 3. The van der Waals surface area contributed by atoms with Crippen LogP contribution in [0, 0.1) is 0 Å².